The highest BCUT2D eigenvalue weighted by Gasteiger charge is 2.35. The Bertz CT molecular complexity index is 389. The van der Waals surface area contributed by atoms with Crippen LogP contribution >= 0.6 is 0 Å². The van der Waals surface area contributed by atoms with Crippen LogP contribution in [0.3, 0.4) is 0 Å². The van der Waals surface area contributed by atoms with E-state index in [1.165, 1.54) is 37.9 Å². The number of nitrogens with zero attached hydrogens (tertiary/aromatic N) is 2. The van der Waals surface area contributed by atoms with Crippen LogP contribution in [0.5, 0.6) is 0 Å². The van der Waals surface area contributed by atoms with Gasteiger partial charge in [-0.3, -0.25) is 9.80 Å². The number of hydrogen-bond donors (Lipinski definition) is 1. The summed E-state index contributed by atoms with van der Waals surface area (Å²) in [6, 6.07) is 10.9. The Morgan fingerprint density at radius 2 is 1.74 bits per heavy atom. The van der Waals surface area contributed by atoms with E-state index in [4.69, 9.17) is 0 Å². The van der Waals surface area contributed by atoms with Crippen LogP contribution in [-0.4, -0.2) is 53.2 Å². The van der Waals surface area contributed by atoms with E-state index in [9.17, 15) is 5.11 Å². The number of hydrogen-bond acceptors (Lipinski definition) is 3. The fourth-order valence-electron chi connectivity index (χ4n) is 3.43. The van der Waals surface area contributed by atoms with Gasteiger partial charge in [-0.15, -0.1) is 0 Å². The van der Waals surface area contributed by atoms with Gasteiger partial charge in [-0.1, -0.05) is 36.8 Å². The van der Waals surface area contributed by atoms with Crippen molar-refractivity contribution in [2.24, 2.45) is 0 Å². The zero-order valence-corrected chi connectivity index (χ0v) is 11.5. The van der Waals surface area contributed by atoms with Crippen molar-refractivity contribution in [2.75, 3.05) is 26.2 Å². The largest absolute Gasteiger partial charge is 0.390 e. The minimum atomic E-state index is -0.179. The first-order valence-electron chi connectivity index (χ1n) is 7.51. The van der Waals surface area contributed by atoms with Gasteiger partial charge in [0, 0.05) is 25.7 Å². The predicted octanol–water partition coefficient (Wildman–Crippen LogP) is 1.72. The van der Waals surface area contributed by atoms with Gasteiger partial charge in [-0.25, -0.2) is 0 Å². The third-order valence-corrected chi connectivity index (χ3v) is 4.44. The molecule has 0 aliphatic carbocycles. The Labute approximate surface area is 115 Å². The molecule has 0 radical (unpaired) electrons. The summed E-state index contributed by atoms with van der Waals surface area (Å²) in [5.74, 6) is 0. The molecular formula is C16H24N2O. The molecule has 1 aromatic carbocycles. The van der Waals surface area contributed by atoms with Crippen molar-refractivity contribution in [3.05, 3.63) is 35.9 Å². The smallest absolute Gasteiger partial charge is 0.0834 e. The molecule has 0 unspecified atom stereocenters. The van der Waals surface area contributed by atoms with Gasteiger partial charge in [-0.2, -0.15) is 0 Å². The summed E-state index contributed by atoms with van der Waals surface area (Å²) >= 11 is 0. The van der Waals surface area contributed by atoms with Crippen molar-refractivity contribution < 1.29 is 5.11 Å². The molecule has 2 saturated heterocycles. The quantitative estimate of drug-likeness (QED) is 0.896. The third kappa shape index (κ3) is 3.16. The minimum Gasteiger partial charge on any atom is -0.390 e. The molecule has 2 aliphatic rings. The normalized spacial score (nSPS) is 29.7. The molecule has 1 aromatic rings. The lowest BCUT2D eigenvalue weighted by molar-refractivity contribution is 0.0706. The average Bonchev–Trinajstić information content (AvgIpc) is 2.82. The molecule has 104 valence electrons. The van der Waals surface area contributed by atoms with Crippen LogP contribution < -0.4 is 0 Å². The van der Waals surface area contributed by atoms with Gasteiger partial charge in [0.15, 0.2) is 0 Å². The standard InChI is InChI=1S/C16H24N2O/c19-16-13-17(11-14-7-3-1-4-8-14)12-15(16)18-9-5-2-6-10-18/h1,3-4,7-8,15-16,19H,2,5-6,9-13H2/t15-,16-/m1/s1. The first kappa shape index (κ1) is 13.1. The zero-order chi connectivity index (χ0) is 13.1. The molecule has 2 heterocycles. The first-order valence-corrected chi connectivity index (χ1v) is 7.51. The molecule has 19 heavy (non-hydrogen) atoms. The molecule has 0 aromatic heterocycles. The first-order chi connectivity index (χ1) is 9.33. The number of rotatable bonds is 3. The van der Waals surface area contributed by atoms with Gasteiger partial charge < -0.3 is 5.11 Å². The van der Waals surface area contributed by atoms with E-state index < -0.39 is 0 Å². The Morgan fingerprint density at radius 1 is 1.00 bits per heavy atom. The van der Waals surface area contributed by atoms with Crippen LogP contribution in [-0.2, 0) is 6.54 Å². The topological polar surface area (TPSA) is 26.7 Å². The van der Waals surface area contributed by atoms with E-state index in [1.807, 2.05) is 0 Å². The second-order valence-electron chi connectivity index (χ2n) is 5.91. The number of aliphatic hydroxyl groups is 1. The Morgan fingerprint density at radius 3 is 2.47 bits per heavy atom. The lowest BCUT2D eigenvalue weighted by Crippen LogP contribution is -2.45. The number of aliphatic hydroxyl groups excluding tert-OH is 1. The van der Waals surface area contributed by atoms with E-state index in [0.717, 1.165) is 19.6 Å². The molecule has 3 rings (SSSR count). The molecule has 2 aliphatic heterocycles. The van der Waals surface area contributed by atoms with E-state index in [0.29, 0.717) is 6.04 Å². The van der Waals surface area contributed by atoms with Gasteiger partial charge in [0.1, 0.15) is 0 Å². The lowest BCUT2D eigenvalue weighted by Gasteiger charge is -2.33. The Hall–Kier alpha value is -0.900. The van der Waals surface area contributed by atoms with E-state index in [1.54, 1.807) is 0 Å². The minimum absolute atomic E-state index is 0.179. The summed E-state index contributed by atoms with van der Waals surface area (Å²) in [5, 5.41) is 10.3. The maximum atomic E-state index is 10.3. The van der Waals surface area contributed by atoms with Crippen LogP contribution in [0.1, 0.15) is 24.8 Å². The van der Waals surface area contributed by atoms with Crippen LogP contribution in [0, 0.1) is 0 Å². The predicted molar refractivity (Wildman–Crippen MR) is 76.9 cm³/mol. The molecular weight excluding hydrogens is 236 g/mol. The number of likely N-dealkylation sites (tertiary alicyclic amines) is 2. The SMILES string of the molecule is O[C@@H]1CN(Cc2ccccc2)C[C@H]1N1CCCCC1. The summed E-state index contributed by atoms with van der Waals surface area (Å²) in [6.07, 6.45) is 3.76. The fraction of sp³-hybridized carbons (Fsp3) is 0.625. The molecule has 0 spiro atoms. The van der Waals surface area contributed by atoms with Gasteiger partial charge in [-0.05, 0) is 31.5 Å². The Kier molecular flexibility index (Phi) is 4.16. The molecule has 0 saturated carbocycles. The van der Waals surface area contributed by atoms with Crippen molar-refractivity contribution in [3.8, 4) is 0 Å². The number of β-amino-alcohol motifs (C(OH)–C–C–N with tert-alkyl or cyclic N) is 1. The number of piperidine rings is 1. The summed E-state index contributed by atoms with van der Waals surface area (Å²) < 4.78 is 0. The monoisotopic (exact) mass is 260 g/mol. The highest BCUT2D eigenvalue weighted by molar-refractivity contribution is 5.15. The van der Waals surface area contributed by atoms with E-state index in [2.05, 4.69) is 40.1 Å². The average molecular weight is 260 g/mol. The molecule has 2 fully saturated rings. The zero-order valence-electron chi connectivity index (χ0n) is 11.5. The maximum Gasteiger partial charge on any atom is 0.0834 e. The fourth-order valence-corrected chi connectivity index (χ4v) is 3.43. The highest BCUT2D eigenvalue weighted by Crippen LogP contribution is 2.22. The second kappa shape index (κ2) is 6.04. The van der Waals surface area contributed by atoms with Gasteiger partial charge in [0.2, 0.25) is 0 Å². The van der Waals surface area contributed by atoms with Crippen molar-refractivity contribution in [3.63, 3.8) is 0 Å². The maximum absolute atomic E-state index is 10.3. The van der Waals surface area contributed by atoms with Gasteiger partial charge in [0.05, 0.1) is 6.10 Å². The van der Waals surface area contributed by atoms with Gasteiger partial charge >= 0.3 is 0 Å². The summed E-state index contributed by atoms with van der Waals surface area (Å²) in [6.45, 7) is 5.12. The third-order valence-electron chi connectivity index (χ3n) is 4.44. The van der Waals surface area contributed by atoms with Crippen LogP contribution in [0.15, 0.2) is 30.3 Å². The van der Waals surface area contributed by atoms with Crippen molar-refractivity contribution >= 4 is 0 Å². The number of benzene rings is 1. The highest BCUT2D eigenvalue weighted by atomic mass is 16.3. The van der Waals surface area contributed by atoms with Crippen molar-refractivity contribution in [1.82, 2.24) is 9.80 Å². The molecule has 2 atom stereocenters. The van der Waals surface area contributed by atoms with Crippen molar-refractivity contribution in [2.45, 2.75) is 38.0 Å². The molecule has 3 heteroatoms. The summed E-state index contributed by atoms with van der Waals surface area (Å²) in [7, 11) is 0. The van der Waals surface area contributed by atoms with Crippen LogP contribution in [0.25, 0.3) is 0 Å². The Balaban J connectivity index is 1.58. The second-order valence-corrected chi connectivity index (χ2v) is 5.91. The van der Waals surface area contributed by atoms with Gasteiger partial charge in [0.25, 0.3) is 0 Å². The van der Waals surface area contributed by atoms with E-state index >= 15 is 0 Å². The summed E-state index contributed by atoms with van der Waals surface area (Å²) in [5.41, 5.74) is 1.34. The summed E-state index contributed by atoms with van der Waals surface area (Å²) in [4.78, 5) is 4.89. The van der Waals surface area contributed by atoms with Crippen LogP contribution in [0.4, 0.5) is 0 Å². The van der Waals surface area contributed by atoms with E-state index in [-0.39, 0.29) is 6.10 Å². The molecule has 0 bridgehead atoms. The molecule has 0 amide bonds. The molecule has 3 nitrogen and oxygen atoms in total. The molecule has 1 N–H and O–H groups in total. The lowest BCUT2D eigenvalue weighted by atomic mass is 10.1. The van der Waals surface area contributed by atoms with Crippen molar-refractivity contribution in [1.29, 1.82) is 0 Å². The van der Waals surface area contributed by atoms with Crippen LogP contribution in [0.2, 0.25) is 0 Å².